The summed E-state index contributed by atoms with van der Waals surface area (Å²) in [5.74, 6) is 0.990. The Morgan fingerprint density at radius 2 is 2.18 bits per heavy atom. The van der Waals surface area contributed by atoms with Gasteiger partial charge in [0, 0.05) is 18.2 Å². The van der Waals surface area contributed by atoms with Crippen LogP contribution >= 0.6 is 0 Å². The summed E-state index contributed by atoms with van der Waals surface area (Å²) in [6.07, 6.45) is 3.56. The highest BCUT2D eigenvalue weighted by molar-refractivity contribution is 5.81. The van der Waals surface area contributed by atoms with Crippen LogP contribution in [0.2, 0.25) is 0 Å². The molecule has 0 bridgehead atoms. The van der Waals surface area contributed by atoms with Crippen molar-refractivity contribution < 1.29 is 9.26 Å². The van der Waals surface area contributed by atoms with Gasteiger partial charge < -0.3 is 13.8 Å². The average Bonchev–Trinajstić information content (AvgIpc) is 3.21. The van der Waals surface area contributed by atoms with Crippen LogP contribution in [-0.2, 0) is 11.3 Å². The maximum Gasteiger partial charge on any atom is 0.258 e. The molecule has 3 heterocycles. The zero-order valence-corrected chi connectivity index (χ0v) is 11.9. The van der Waals surface area contributed by atoms with Crippen molar-refractivity contribution in [3.8, 4) is 0 Å². The zero-order valence-electron chi connectivity index (χ0n) is 11.9. The molecule has 0 spiro atoms. The number of hydrogen-bond donors (Lipinski definition) is 0. The summed E-state index contributed by atoms with van der Waals surface area (Å²) < 4.78 is 12.4. The van der Waals surface area contributed by atoms with E-state index in [4.69, 9.17) is 9.26 Å². The molecule has 0 radical (unpaired) electrons. The van der Waals surface area contributed by atoms with Crippen LogP contribution in [0.4, 0.5) is 0 Å². The smallest absolute Gasteiger partial charge is 0.258 e. The normalized spacial score (nSPS) is 18.1. The largest absolute Gasteiger partial charge is 0.368 e. The van der Waals surface area contributed by atoms with Crippen molar-refractivity contribution in [3.63, 3.8) is 0 Å². The first-order chi connectivity index (χ1) is 10.8. The molecule has 1 atom stereocenters. The average molecular weight is 297 g/mol. The molecule has 3 aromatic rings. The van der Waals surface area contributed by atoms with Crippen molar-refractivity contribution in [2.24, 2.45) is 0 Å². The van der Waals surface area contributed by atoms with Gasteiger partial charge in [0.1, 0.15) is 6.10 Å². The topological polar surface area (TPSA) is 70.2 Å². The lowest BCUT2D eigenvalue weighted by atomic mass is 10.2. The Bertz CT molecular complexity index is 862. The fourth-order valence-corrected chi connectivity index (χ4v) is 2.74. The third-order valence-electron chi connectivity index (χ3n) is 3.89. The number of ether oxygens (including phenoxy) is 1. The van der Waals surface area contributed by atoms with Gasteiger partial charge in [0.15, 0.2) is 5.82 Å². The van der Waals surface area contributed by atoms with Crippen LogP contribution < -0.4 is 5.56 Å². The van der Waals surface area contributed by atoms with E-state index in [0.29, 0.717) is 23.6 Å². The molecule has 1 aliphatic rings. The van der Waals surface area contributed by atoms with Crippen molar-refractivity contribution in [1.29, 1.82) is 0 Å². The highest BCUT2D eigenvalue weighted by Crippen LogP contribution is 2.26. The van der Waals surface area contributed by atoms with Crippen molar-refractivity contribution in [2.75, 3.05) is 6.61 Å². The second kappa shape index (κ2) is 5.38. The molecule has 1 fully saturated rings. The quantitative estimate of drug-likeness (QED) is 0.741. The van der Waals surface area contributed by atoms with Gasteiger partial charge in [-0.1, -0.05) is 23.4 Å². The molecule has 6 heteroatoms. The molecule has 0 aliphatic carbocycles. The number of fused-ring (bicyclic) bond motifs is 1. The SMILES string of the molecule is O=c1c2ccccc2ccn1Cc1noc(C2CCCO2)n1. The highest BCUT2D eigenvalue weighted by Gasteiger charge is 2.23. The van der Waals surface area contributed by atoms with Gasteiger partial charge >= 0.3 is 0 Å². The van der Waals surface area contributed by atoms with Crippen LogP contribution in [0.3, 0.4) is 0 Å². The van der Waals surface area contributed by atoms with Gasteiger partial charge in [-0.05, 0) is 30.4 Å². The first-order valence-corrected chi connectivity index (χ1v) is 7.33. The maximum atomic E-state index is 12.4. The summed E-state index contributed by atoms with van der Waals surface area (Å²) in [6, 6.07) is 9.43. The molecule has 2 aromatic heterocycles. The van der Waals surface area contributed by atoms with Crippen molar-refractivity contribution in [2.45, 2.75) is 25.5 Å². The summed E-state index contributed by atoms with van der Waals surface area (Å²) in [5, 5.41) is 5.57. The predicted molar refractivity (Wildman–Crippen MR) is 79.5 cm³/mol. The Labute approximate surface area is 126 Å². The lowest BCUT2D eigenvalue weighted by Crippen LogP contribution is -2.20. The Hall–Kier alpha value is -2.47. The number of benzene rings is 1. The number of aromatic nitrogens is 3. The second-order valence-electron chi connectivity index (χ2n) is 5.39. The fourth-order valence-electron chi connectivity index (χ4n) is 2.74. The van der Waals surface area contributed by atoms with E-state index in [2.05, 4.69) is 10.1 Å². The Morgan fingerprint density at radius 3 is 3.05 bits per heavy atom. The molecular weight excluding hydrogens is 282 g/mol. The summed E-state index contributed by atoms with van der Waals surface area (Å²) in [6.45, 7) is 1.02. The molecular formula is C16H15N3O3. The van der Waals surface area contributed by atoms with E-state index in [1.165, 1.54) is 0 Å². The van der Waals surface area contributed by atoms with E-state index >= 15 is 0 Å². The van der Waals surface area contributed by atoms with Gasteiger partial charge in [-0.3, -0.25) is 4.79 Å². The minimum atomic E-state index is -0.102. The molecule has 0 saturated carbocycles. The van der Waals surface area contributed by atoms with Gasteiger partial charge in [0.2, 0.25) is 0 Å². The van der Waals surface area contributed by atoms with E-state index in [1.807, 2.05) is 30.3 Å². The Balaban J connectivity index is 1.63. The van der Waals surface area contributed by atoms with E-state index < -0.39 is 0 Å². The van der Waals surface area contributed by atoms with Crippen LogP contribution in [0.25, 0.3) is 10.8 Å². The van der Waals surface area contributed by atoms with Crippen LogP contribution in [0.15, 0.2) is 45.8 Å². The summed E-state index contributed by atoms with van der Waals surface area (Å²) in [7, 11) is 0. The van der Waals surface area contributed by atoms with Crippen LogP contribution in [0.5, 0.6) is 0 Å². The fraction of sp³-hybridized carbons (Fsp3) is 0.312. The first-order valence-electron chi connectivity index (χ1n) is 7.33. The lowest BCUT2D eigenvalue weighted by molar-refractivity contribution is 0.0835. The molecule has 0 N–H and O–H groups in total. The van der Waals surface area contributed by atoms with Gasteiger partial charge in [-0.15, -0.1) is 0 Å². The summed E-state index contributed by atoms with van der Waals surface area (Å²) >= 11 is 0. The van der Waals surface area contributed by atoms with Gasteiger partial charge in [0.25, 0.3) is 11.4 Å². The van der Waals surface area contributed by atoms with Crippen molar-refractivity contribution in [3.05, 3.63) is 58.6 Å². The third kappa shape index (κ3) is 2.31. The van der Waals surface area contributed by atoms with Crippen LogP contribution in [0, 0.1) is 0 Å². The number of nitrogens with zero attached hydrogens (tertiary/aromatic N) is 3. The van der Waals surface area contributed by atoms with Gasteiger partial charge in [0.05, 0.1) is 6.54 Å². The summed E-state index contributed by atoms with van der Waals surface area (Å²) in [4.78, 5) is 16.8. The lowest BCUT2D eigenvalue weighted by Gasteiger charge is -2.04. The number of hydrogen-bond acceptors (Lipinski definition) is 5. The van der Waals surface area contributed by atoms with Crippen LogP contribution in [-0.4, -0.2) is 21.3 Å². The molecule has 1 saturated heterocycles. The molecule has 0 amide bonds. The van der Waals surface area contributed by atoms with E-state index in [1.54, 1.807) is 10.8 Å². The molecule has 4 rings (SSSR count). The van der Waals surface area contributed by atoms with E-state index in [9.17, 15) is 4.79 Å². The van der Waals surface area contributed by atoms with Crippen molar-refractivity contribution >= 4 is 10.8 Å². The molecule has 6 nitrogen and oxygen atoms in total. The minimum absolute atomic E-state index is 0.0541. The van der Waals surface area contributed by atoms with Crippen LogP contribution in [0.1, 0.15) is 30.7 Å². The highest BCUT2D eigenvalue weighted by atomic mass is 16.5. The Kier molecular flexibility index (Phi) is 3.23. The van der Waals surface area contributed by atoms with E-state index in [-0.39, 0.29) is 11.7 Å². The van der Waals surface area contributed by atoms with Gasteiger partial charge in [-0.25, -0.2) is 0 Å². The Morgan fingerprint density at radius 1 is 1.27 bits per heavy atom. The monoisotopic (exact) mass is 297 g/mol. The maximum absolute atomic E-state index is 12.4. The van der Waals surface area contributed by atoms with E-state index in [0.717, 1.165) is 24.8 Å². The van der Waals surface area contributed by atoms with Crippen molar-refractivity contribution in [1.82, 2.24) is 14.7 Å². The summed E-state index contributed by atoms with van der Waals surface area (Å²) in [5.41, 5.74) is -0.0541. The predicted octanol–water partition coefficient (Wildman–Crippen LogP) is 2.28. The first kappa shape index (κ1) is 13.2. The number of rotatable bonds is 3. The number of pyridine rings is 1. The molecule has 1 unspecified atom stereocenters. The third-order valence-corrected chi connectivity index (χ3v) is 3.89. The molecule has 1 aliphatic heterocycles. The molecule has 22 heavy (non-hydrogen) atoms. The van der Waals surface area contributed by atoms with Gasteiger partial charge in [-0.2, -0.15) is 4.98 Å². The minimum Gasteiger partial charge on any atom is -0.368 e. The second-order valence-corrected chi connectivity index (χ2v) is 5.39. The standard InChI is InChI=1S/C16H15N3O3/c20-16-12-5-2-1-4-11(12)7-8-19(16)10-14-17-15(22-18-14)13-6-3-9-21-13/h1-2,4-5,7-8,13H,3,6,9-10H2. The molecule has 1 aromatic carbocycles. The zero-order chi connectivity index (χ0) is 14.9. The molecule has 112 valence electrons.